The molecule has 4 heterocycles. The number of rotatable bonds is 5. The zero-order valence-electron chi connectivity index (χ0n) is 19.5. The van der Waals surface area contributed by atoms with Crippen LogP contribution in [0.5, 0.6) is 0 Å². The monoisotopic (exact) mass is 495 g/mol. The molecule has 182 valence electrons. The van der Waals surface area contributed by atoms with Crippen LogP contribution in [0.4, 0.5) is 14.5 Å². The van der Waals surface area contributed by atoms with Gasteiger partial charge in [-0.2, -0.15) is 5.10 Å². The molecule has 4 aromatic heterocycles. The molecule has 0 fully saturated rings. The summed E-state index contributed by atoms with van der Waals surface area (Å²) >= 11 is 0. The Labute approximate surface area is 208 Å². The quantitative estimate of drug-likeness (QED) is 0.277. The second kappa shape index (κ2) is 8.90. The summed E-state index contributed by atoms with van der Waals surface area (Å²) in [6, 6.07) is 13.0. The molecule has 2 aromatic carbocycles. The van der Waals surface area contributed by atoms with E-state index in [1.165, 1.54) is 24.5 Å². The van der Waals surface area contributed by atoms with Gasteiger partial charge in [-0.1, -0.05) is 19.1 Å². The van der Waals surface area contributed by atoms with Crippen molar-refractivity contribution in [2.45, 2.75) is 13.3 Å². The van der Waals surface area contributed by atoms with Crippen LogP contribution in [0, 0.1) is 11.6 Å². The van der Waals surface area contributed by atoms with Crippen molar-refractivity contribution >= 4 is 33.7 Å². The fraction of sp³-hybridized carbons (Fsp3) is 0.0741. The molecule has 6 aromatic rings. The molecule has 6 rings (SSSR count). The van der Waals surface area contributed by atoms with Crippen LogP contribution in [0.25, 0.3) is 55.8 Å². The highest BCUT2D eigenvalue weighted by molar-refractivity contribution is 5.98. The summed E-state index contributed by atoms with van der Waals surface area (Å²) in [4.78, 5) is 28.0. The van der Waals surface area contributed by atoms with E-state index in [2.05, 4.69) is 35.5 Å². The summed E-state index contributed by atoms with van der Waals surface area (Å²) in [5, 5.41) is 10.2. The van der Waals surface area contributed by atoms with E-state index in [4.69, 9.17) is 0 Å². The Hall–Kier alpha value is -4.99. The number of pyridine rings is 2. The van der Waals surface area contributed by atoms with Gasteiger partial charge in [0.25, 0.3) is 0 Å². The minimum Gasteiger partial charge on any atom is -0.335 e. The maximum Gasteiger partial charge on any atom is 0.224 e. The highest BCUT2D eigenvalue weighted by Gasteiger charge is 2.21. The van der Waals surface area contributed by atoms with Crippen molar-refractivity contribution in [2.75, 3.05) is 5.32 Å². The maximum atomic E-state index is 16.0. The summed E-state index contributed by atoms with van der Waals surface area (Å²) in [5.41, 5.74) is 4.38. The lowest BCUT2D eigenvalue weighted by Gasteiger charge is -2.08. The molecule has 3 N–H and O–H groups in total. The van der Waals surface area contributed by atoms with E-state index in [9.17, 15) is 9.18 Å². The molecule has 0 aliphatic carbocycles. The summed E-state index contributed by atoms with van der Waals surface area (Å²) in [5.74, 6) is -0.720. The number of benzene rings is 2. The SMILES string of the molecule is CCC(=O)Nc1cncc(-c2ccc3[nH]nc(-c4nc5nccc(-c6cccc(F)c6)c5[nH]4)c3c2F)c1. The number of nitrogens with one attached hydrogen (secondary N) is 3. The highest BCUT2D eigenvalue weighted by atomic mass is 19.1. The average Bonchev–Trinajstić information content (AvgIpc) is 3.53. The molecule has 10 heteroatoms. The first kappa shape index (κ1) is 22.5. The van der Waals surface area contributed by atoms with Crippen LogP contribution in [0.3, 0.4) is 0 Å². The van der Waals surface area contributed by atoms with E-state index in [-0.39, 0.29) is 22.8 Å². The molecule has 0 saturated carbocycles. The minimum atomic E-state index is -0.513. The van der Waals surface area contributed by atoms with Gasteiger partial charge in [-0.15, -0.1) is 0 Å². The second-order valence-corrected chi connectivity index (χ2v) is 8.44. The standard InChI is InChI=1S/C27H19F2N7O/c1-2-21(37)32-17-11-15(12-30-13-17)18-6-7-20-22(23(18)29)25(36-35-20)27-33-24-19(8-9-31-26(24)34-27)14-4-3-5-16(28)10-14/h3-13H,2H2,1H3,(H,32,37)(H,35,36)(H,31,33,34). The Balaban J connectivity index is 1.47. The smallest absolute Gasteiger partial charge is 0.224 e. The van der Waals surface area contributed by atoms with Crippen LogP contribution in [-0.4, -0.2) is 36.0 Å². The van der Waals surface area contributed by atoms with Gasteiger partial charge in [0.15, 0.2) is 11.5 Å². The lowest BCUT2D eigenvalue weighted by atomic mass is 10.0. The number of halogens is 2. The van der Waals surface area contributed by atoms with E-state index in [0.717, 1.165) is 0 Å². The van der Waals surface area contributed by atoms with Crippen molar-refractivity contribution in [2.24, 2.45) is 0 Å². The van der Waals surface area contributed by atoms with Crippen molar-refractivity contribution in [3.63, 3.8) is 0 Å². The molecule has 1 amide bonds. The summed E-state index contributed by atoms with van der Waals surface area (Å²) in [6.07, 6.45) is 4.94. The Kier molecular flexibility index (Phi) is 5.41. The zero-order chi connectivity index (χ0) is 25.5. The first-order valence-corrected chi connectivity index (χ1v) is 11.5. The van der Waals surface area contributed by atoms with Crippen LogP contribution in [-0.2, 0) is 4.79 Å². The van der Waals surface area contributed by atoms with Gasteiger partial charge < -0.3 is 10.3 Å². The number of fused-ring (bicyclic) bond motifs is 2. The molecule has 37 heavy (non-hydrogen) atoms. The largest absolute Gasteiger partial charge is 0.335 e. The van der Waals surface area contributed by atoms with Gasteiger partial charge in [0, 0.05) is 35.5 Å². The number of aromatic nitrogens is 6. The van der Waals surface area contributed by atoms with Gasteiger partial charge >= 0.3 is 0 Å². The predicted octanol–water partition coefficient (Wildman–Crippen LogP) is 5.86. The first-order valence-electron chi connectivity index (χ1n) is 11.5. The summed E-state index contributed by atoms with van der Waals surface area (Å²) in [6.45, 7) is 1.75. The van der Waals surface area contributed by atoms with Gasteiger partial charge in [-0.05, 0) is 42.0 Å². The molecule has 0 aliphatic rings. The van der Waals surface area contributed by atoms with E-state index >= 15 is 4.39 Å². The van der Waals surface area contributed by atoms with Gasteiger partial charge in [0.1, 0.15) is 17.3 Å². The molecule has 0 aliphatic heterocycles. The van der Waals surface area contributed by atoms with Crippen molar-refractivity contribution in [3.05, 3.63) is 78.8 Å². The molecule has 0 spiro atoms. The third-order valence-electron chi connectivity index (χ3n) is 6.07. The first-order chi connectivity index (χ1) is 18.0. The third-order valence-corrected chi connectivity index (χ3v) is 6.07. The Bertz CT molecular complexity index is 1810. The van der Waals surface area contributed by atoms with Crippen molar-refractivity contribution in [3.8, 4) is 33.8 Å². The van der Waals surface area contributed by atoms with Gasteiger partial charge in [-0.3, -0.25) is 14.9 Å². The molecule has 0 bridgehead atoms. The molecular weight excluding hydrogens is 476 g/mol. The van der Waals surface area contributed by atoms with Crippen LogP contribution in [0.2, 0.25) is 0 Å². The second-order valence-electron chi connectivity index (χ2n) is 8.44. The number of H-pyrrole nitrogens is 2. The minimum absolute atomic E-state index is 0.164. The summed E-state index contributed by atoms with van der Waals surface area (Å²) in [7, 11) is 0. The van der Waals surface area contributed by atoms with Crippen molar-refractivity contribution in [1.29, 1.82) is 0 Å². The Morgan fingerprint density at radius 1 is 1.03 bits per heavy atom. The number of amides is 1. The molecular formula is C27H19F2N7O. The topological polar surface area (TPSA) is 112 Å². The van der Waals surface area contributed by atoms with E-state index in [1.807, 2.05) is 0 Å². The van der Waals surface area contributed by atoms with E-state index < -0.39 is 5.82 Å². The number of imidazole rings is 1. The zero-order valence-corrected chi connectivity index (χ0v) is 19.5. The lowest BCUT2D eigenvalue weighted by molar-refractivity contribution is -0.115. The fourth-order valence-electron chi connectivity index (χ4n) is 4.29. The number of hydrogen-bond donors (Lipinski definition) is 3. The lowest BCUT2D eigenvalue weighted by Crippen LogP contribution is -2.09. The Morgan fingerprint density at radius 2 is 1.92 bits per heavy atom. The van der Waals surface area contributed by atoms with Gasteiger partial charge in [0.2, 0.25) is 5.91 Å². The van der Waals surface area contributed by atoms with Gasteiger partial charge in [-0.25, -0.2) is 18.7 Å². The molecule has 8 nitrogen and oxygen atoms in total. The van der Waals surface area contributed by atoms with Crippen LogP contribution in [0.1, 0.15) is 13.3 Å². The van der Waals surface area contributed by atoms with Crippen LogP contribution >= 0.6 is 0 Å². The van der Waals surface area contributed by atoms with E-state index in [0.29, 0.717) is 56.9 Å². The maximum absolute atomic E-state index is 16.0. The van der Waals surface area contributed by atoms with Crippen molar-refractivity contribution < 1.29 is 13.6 Å². The van der Waals surface area contributed by atoms with E-state index in [1.54, 1.807) is 49.5 Å². The Morgan fingerprint density at radius 3 is 2.76 bits per heavy atom. The van der Waals surface area contributed by atoms with Crippen LogP contribution < -0.4 is 5.32 Å². The van der Waals surface area contributed by atoms with Crippen LogP contribution in [0.15, 0.2) is 67.1 Å². The number of anilines is 1. The normalized spacial score (nSPS) is 11.3. The molecule has 0 saturated heterocycles. The number of hydrogen-bond acceptors (Lipinski definition) is 5. The molecule has 0 atom stereocenters. The predicted molar refractivity (Wildman–Crippen MR) is 136 cm³/mol. The number of carbonyl (C=O) groups excluding carboxylic acids is 1. The third kappa shape index (κ3) is 3.98. The highest BCUT2D eigenvalue weighted by Crippen LogP contribution is 2.35. The summed E-state index contributed by atoms with van der Waals surface area (Å²) < 4.78 is 29.8. The van der Waals surface area contributed by atoms with Gasteiger partial charge in [0.05, 0.1) is 28.3 Å². The number of carbonyl (C=O) groups is 1. The number of aromatic amines is 2. The molecule has 0 unspecified atom stereocenters. The van der Waals surface area contributed by atoms with Crippen molar-refractivity contribution in [1.82, 2.24) is 30.1 Å². The fourth-order valence-corrected chi connectivity index (χ4v) is 4.29. The molecule has 0 radical (unpaired) electrons. The number of nitrogens with zero attached hydrogens (tertiary/aromatic N) is 4. The average molecular weight is 495 g/mol.